The molecule has 152 valence electrons. The minimum absolute atomic E-state index is 0.0904. The van der Waals surface area contributed by atoms with Gasteiger partial charge < -0.3 is 19.6 Å². The summed E-state index contributed by atoms with van der Waals surface area (Å²) in [7, 11) is 4.01. The fourth-order valence-corrected chi connectivity index (χ4v) is 4.77. The summed E-state index contributed by atoms with van der Waals surface area (Å²) in [6.07, 6.45) is 0.845. The Balaban J connectivity index is 1.78. The van der Waals surface area contributed by atoms with Crippen molar-refractivity contribution in [1.29, 1.82) is 0 Å². The molecule has 4 rings (SSSR count). The molecule has 1 aromatic carbocycles. The maximum absolute atomic E-state index is 12.9. The van der Waals surface area contributed by atoms with Crippen LogP contribution in [0.1, 0.15) is 29.0 Å². The third-order valence-corrected chi connectivity index (χ3v) is 6.30. The molecule has 2 aliphatic heterocycles. The minimum Gasteiger partial charge on any atom is -0.507 e. The minimum atomic E-state index is -0.625. The smallest absolute Gasteiger partial charge is 0.295 e. The van der Waals surface area contributed by atoms with Crippen molar-refractivity contribution in [3.8, 4) is 5.75 Å². The van der Waals surface area contributed by atoms with Gasteiger partial charge in [0.2, 0.25) is 0 Å². The van der Waals surface area contributed by atoms with Crippen molar-refractivity contribution in [2.24, 2.45) is 0 Å². The number of nitrogens with zero attached hydrogens (tertiary/aromatic N) is 1. The van der Waals surface area contributed by atoms with Crippen LogP contribution in [0.2, 0.25) is 0 Å². The first-order valence-corrected chi connectivity index (χ1v) is 10.7. The number of quaternary nitrogens is 1. The maximum atomic E-state index is 12.9. The van der Waals surface area contributed by atoms with E-state index in [0.29, 0.717) is 18.7 Å². The fourth-order valence-electron chi connectivity index (χ4n) is 3.92. The number of aliphatic hydroxyl groups is 1. The van der Waals surface area contributed by atoms with Gasteiger partial charge in [-0.3, -0.25) is 9.59 Å². The Morgan fingerprint density at radius 1 is 1.31 bits per heavy atom. The molecule has 0 aliphatic carbocycles. The summed E-state index contributed by atoms with van der Waals surface area (Å²) in [5.74, 6) is -0.494. The van der Waals surface area contributed by atoms with Crippen LogP contribution in [0, 0.1) is 0 Å². The zero-order chi connectivity index (χ0) is 20.7. The zero-order valence-electron chi connectivity index (χ0n) is 16.8. The lowest BCUT2D eigenvalue weighted by Gasteiger charge is -2.24. The van der Waals surface area contributed by atoms with Gasteiger partial charge in [-0.25, -0.2) is 0 Å². The van der Waals surface area contributed by atoms with Crippen molar-refractivity contribution >= 4 is 28.8 Å². The molecule has 1 amide bonds. The first kappa shape index (κ1) is 19.7. The molecule has 0 radical (unpaired) electrons. The SMILES string of the molecule is C[C@H]1Cc2cc(C(O)=C3C(=O)C(=O)N(CC[NH+](C)C)[C@H]3c3cccs3)ccc2O1. The molecule has 1 aromatic heterocycles. The van der Waals surface area contributed by atoms with Crippen molar-refractivity contribution in [2.75, 3.05) is 27.2 Å². The van der Waals surface area contributed by atoms with E-state index in [2.05, 4.69) is 0 Å². The number of amides is 1. The molecule has 29 heavy (non-hydrogen) atoms. The number of aliphatic hydroxyl groups excluding tert-OH is 1. The number of thiophene rings is 1. The van der Waals surface area contributed by atoms with Crippen molar-refractivity contribution in [3.63, 3.8) is 0 Å². The number of likely N-dealkylation sites (N-methyl/N-ethyl adjacent to an activating group) is 1. The molecule has 0 unspecified atom stereocenters. The van der Waals surface area contributed by atoms with Crippen molar-refractivity contribution < 1.29 is 24.3 Å². The zero-order valence-corrected chi connectivity index (χ0v) is 17.6. The predicted molar refractivity (Wildman–Crippen MR) is 111 cm³/mol. The van der Waals surface area contributed by atoms with E-state index in [1.807, 2.05) is 50.7 Å². The van der Waals surface area contributed by atoms with E-state index in [4.69, 9.17) is 4.74 Å². The second kappa shape index (κ2) is 7.65. The van der Waals surface area contributed by atoms with Crippen LogP contribution >= 0.6 is 11.3 Å². The van der Waals surface area contributed by atoms with E-state index in [1.165, 1.54) is 16.2 Å². The Morgan fingerprint density at radius 2 is 2.10 bits per heavy atom. The van der Waals surface area contributed by atoms with E-state index in [9.17, 15) is 14.7 Å². The molecule has 0 spiro atoms. The summed E-state index contributed by atoms with van der Waals surface area (Å²) in [4.78, 5) is 29.4. The summed E-state index contributed by atoms with van der Waals surface area (Å²) in [6.45, 7) is 3.15. The average Bonchev–Trinajstić information content (AvgIpc) is 3.38. The summed E-state index contributed by atoms with van der Waals surface area (Å²) in [5, 5.41) is 13.0. The molecule has 2 aliphatic rings. The molecule has 2 aromatic rings. The summed E-state index contributed by atoms with van der Waals surface area (Å²) in [5.41, 5.74) is 1.71. The van der Waals surface area contributed by atoms with E-state index in [-0.39, 0.29) is 17.4 Å². The topological polar surface area (TPSA) is 71.3 Å². The van der Waals surface area contributed by atoms with Gasteiger partial charge in [-0.2, -0.15) is 0 Å². The van der Waals surface area contributed by atoms with Crippen molar-refractivity contribution in [1.82, 2.24) is 4.90 Å². The predicted octanol–water partition coefficient (Wildman–Crippen LogP) is 1.64. The molecule has 2 atom stereocenters. The number of nitrogens with one attached hydrogen (secondary N) is 1. The number of carbonyl (C=O) groups excluding carboxylic acids is 2. The molecule has 1 fully saturated rings. The molecule has 3 heterocycles. The van der Waals surface area contributed by atoms with Crippen molar-refractivity contribution in [3.05, 3.63) is 57.3 Å². The number of fused-ring (bicyclic) bond motifs is 1. The van der Waals surface area contributed by atoms with Gasteiger partial charge in [0.05, 0.1) is 38.8 Å². The Bertz CT molecular complexity index is 981. The number of hydrogen-bond donors (Lipinski definition) is 2. The highest BCUT2D eigenvalue weighted by Crippen LogP contribution is 2.41. The highest BCUT2D eigenvalue weighted by molar-refractivity contribution is 7.10. The van der Waals surface area contributed by atoms with Gasteiger partial charge >= 0.3 is 0 Å². The summed E-state index contributed by atoms with van der Waals surface area (Å²) >= 11 is 1.48. The second-order valence-electron chi connectivity index (χ2n) is 7.92. The first-order chi connectivity index (χ1) is 13.9. The van der Waals surface area contributed by atoms with Crippen LogP contribution in [-0.4, -0.2) is 55.0 Å². The lowest BCUT2D eigenvalue weighted by Crippen LogP contribution is -3.06. The average molecular weight is 414 g/mol. The molecule has 0 bridgehead atoms. The standard InChI is InChI=1S/C22H24N2O4S/c1-13-11-15-12-14(6-7-16(15)28-13)20(25)18-19(17-5-4-10-29-17)24(9-8-23(2)3)22(27)21(18)26/h4-7,10,12-13,19,25H,8-9,11H2,1-3H3/p+1/t13-,19-/m0/s1. The third-order valence-electron chi connectivity index (χ3n) is 5.37. The molecular formula is C22H25N2O4S+. The fraction of sp³-hybridized carbons (Fsp3) is 0.364. The van der Waals surface area contributed by atoms with Gasteiger partial charge in [-0.15, -0.1) is 11.3 Å². The Kier molecular flexibility index (Phi) is 5.19. The maximum Gasteiger partial charge on any atom is 0.295 e. The monoisotopic (exact) mass is 413 g/mol. The lowest BCUT2D eigenvalue weighted by molar-refractivity contribution is -0.857. The van der Waals surface area contributed by atoms with Crippen molar-refractivity contribution in [2.45, 2.75) is 25.5 Å². The summed E-state index contributed by atoms with van der Waals surface area (Å²) < 4.78 is 5.73. The van der Waals surface area contributed by atoms with Crippen LogP contribution in [-0.2, 0) is 16.0 Å². The number of rotatable bonds is 5. The molecule has 0 saturated carbocycles. The quantitative estimate of drug-likeness (QED) is 0.444. The van der Waals surface area contributed by atoms with Crippen LogP contribution < -0.4 is 9.64 Å². The number of ketones is 1. The first-order valence-electron chi connectivity index (χ1n) is 9.77. The van der Waals surface area contributed by atoms with Crippen LogP contribution in [0.15, 0.2) is 41.3 Å². The van der Waals surface area contributed by atoms with Gasteiger partial charge in [0.1, 0.15) is 17.6 Å². The van der Waals surface area contributed by atoms with Crippen LogP contribution in [0.25, 0.3) is 5.76 Å². The van der Waals surface area contributed by atoms with Gasteiger partial charge in [0.15, 0.2) is 0 Å². The van der Waals surface area contributed by atoms with Gasteiger partial charge in [-0.1, -0.05) is 6.07 Å². The van der Waals surface area contributed by atoms with Crippen LogP contribution in [0.3, 0.4) is 0 Å². The number of hydrogen-bond acceptors (Lipinski definition) is 5. The van der Waals surface area contributed by atoms with Crippen LogP contribution in [0.5, 0.6) is 5.75 Å². The molecule has 1 saturated heterocycles. The summed E-state index contributed by atoms with van der Waals surface area (Å²) in [6, 6.07) is 8.66. The highest BCUT2D eigenvalue weighted by Gasteiger charge is 2.46. The third kappa shape index (κ3) is 3.56. The van der Waals surface area contributed by atoms with E-state index < -0.39 is 17.7 Å². The van der Waals surface area contributed by atoms with E-state index in [1.54, 1.807) is 11.0 Å². The highest BCUT2D eigenvalue weighted by atomic mass is 32.1. The molecule has 7 heteroatoms. The molecule has 6 nitrogen and oxygen atoms in total. The Morgan fingerprint density at radius 3 is 2.79 bits per heavy atom. The normalized spacial score (nSPS) is 23.0. The lowest BCUT2D eigenvalue weighted by atomic mass is 9.98. The Labute approximate surface area is 174 Å². The largest absolute Gasteiger partial charge is 0.507 e. The van der Waals surface area contributed by atoms with Crippen LogP contribution in [0.4, 0.5) is 0 Å². The van der Waals surface area contributed by atoms with E-state index in [0.717, 1.165) is 22.6 Å². The Hall–Kier alpha value is -2.64. The number of carbonyl (C=O) groups is 2. The van der Waals surface area contributed by atoms with Gasteiger partial charge in [0, 0.05) is 16.9 Å². The number of ether oxygens (including phenoxy) is 1. The number of benzene rings is 1. The molecular weight excluding hydrogens is 388 g/mol. The van der Waals surface area contributed by atoms with E-state index >= 15 is 0 Å². The number of likely N-dealkylation sites (tertiary alicyclic amines) is 1. The number of Topliss-reactive ketones (excluding diaryl/α,β-unsaturated/α-hetero) is 1. The van der Waals surface area contributed by atoms with Gasteiger partial charge in [-0.05, 0) is 42.1 Å². The molecule has 2 N–H and O–H groups in total. The second-order valence-corrected chi connectivity index (χ2v) is 8.90. The van der Waals surface area contributed by atoms with Gasteiger partial charge in [0.25, 0.3) is 11.7 Å².